The van der Waals surface area contributed by atoms with Gasteiger partial charge in [0.25, 0.3) is 5.91 Å². The van der Waals surface area contributed by atoms with E-state index in [1.54, 1.807) is 31.3 Å². The quantitative estimate of drug-likeness (QED) is 0.770. The van der Waals surface area contributed by atoms with Crippen molar-refractivity contribution >= 4 is 40.1 Å². The standard InChI is InChI=1S/C17H13ClFN3O3/c1-22-16(10-4-2-3-5-13(10)21-22)17(25)20-14-8-12(19)9(6-11(14)18)7-15(23)24/h2-6,8H,7H2,1H3,(H,20,25)(H,23,24)/p-1. The molecule has 0 aliphatic heterocycles. The van der Waals surface area contributed by atoms with Gasteiger partial charge in [-0.2, -0.15) is 5.10 Å². The minimum atomic E-state index is -1.42. The van der Waals surface area contributed by atoms with Crippen LogP contribution in [-0.2, 0) is 18.3 Å². The van der Waals surface area contributed by atoms with Crippen LogP contribution < -0.4 is 10.4 Å². The predicted octanol–water partition coefficient (Wildman–Crippen LogP) is 1.91. The highest BCUT2D eigenvalue weighted by molar-refractivity contribution is 6.34. The fraction of sp³-hybridized carbons (Fsp3) is 0.118. The Labute approximate surface area is 146 Å². The molecule has 3 aromatic rings. The van der Waals surface area contributed by atoms with E-state index in [0.717, 1.165) is 12.1 Å². The number of carboxylic acids is 1. The van der Waals surface area contributed by atoms with Crippen LogP contribution in [0.2, 0.25) is 5.02 Å². The molecule has 1 N–H and O–H groups in total. The summed E-state index contributed by atoms with van der Waals surface area (Å²) in [5, 5.41) is 18.1. The van der Waals surface area contributed by atoms with Gasteiger partial charge >= 0.3 is 0 Å². The van der Waals surface area contributed by atoms with Crippen LogP contribution in [0.5, 0.6) is 0 Å². The first-order valence-corrected chi connectivity index (χ1v) is 7.65. The largest absolute Gasteiger partial charge is 0.550 e. The molecule has 0 saturated carbocycles. The maximum atomic E-state index is 14.0. The molecule has 0 bridgehead atoms. The zero-order valence-electron chi connectivity index (χ0n) is 13.0. The molecular formula is C17H12ClFN3O3-. The van der Waals surface area contributed by atoms with E-state index in [9.17, 15) is 19.1 Å². The van der Waals surface area contributed by atoms with Gasteiger partial charge in [0.2, 0.25) is 0 Å². The number of carbonyl (C=O) groups is 2. The molecule has 128 valence electrons. The van der Waals surface area contributed by atoms with Crippen molar-refractivity contribution in [1.82, 2.24) is 9.78 Å². The molecule has 25 heavy (non-hydrogen) atoms. The van der Waals surface area contributed by atoms with E-state index in [1.165, 1.54) is 4.68 Å². The summed E-state index contributed by atoms with van der Waals surface area (Å²) in [6.07, 6.45) is -0.605. The van der Waals surface area contributed by atoms with Gasteiger partial charge in [0.15, 0.2) is 0 Å². The third-order valence-electron chi connectivity index (χ3n) is 3.67. The second kappa shape index (κ2) is 6.52. The Hall–Kier alpha value is -2.93. The number of nitrogens with zero attached hydrogens (tertiary/aromatic N) is 2. The van der Waals surface area contributed by atoms with Crippen molar-refractivity contribution in [1.29, 1.82) is 0 Å². The lowest BCUT2D eigenvalue weighted by Crippen LogP contribution is -2.25. The van der Waals surface area contributed by atoms with Gasteiger partial charge in [-0.15, -0.1) is 0 Å². The molecule has 0 fully saturated rings. The highest BCUT2D eigenvalue weighted by Crippen LogP contribution is 2.27. The Kier molecular flexibility index (Phi) is 4.41. The first-order valence-electron chi connectivity index (χ1n) is 7.27. The Balaban J connectivity index is 1.94. The number of halogens is 2. The van der Waals surface area contributed by atoms with Crippen LogP contribution >= 0.6 is 11.6 Å². The molecule has 0 aliphatic carbocycles. The van der Waals surface area contributed by atoms with E-state index in [1.807, 2.05) is 0 Å². The molecule has 1 amide bonds. The van der Waals surface area contributed by atoms with Crippen LogP contribution in [0.25, 0.3) is 10.9 Å². The number of hydrogen-bond acceptors (Lipinski definition) is 4. The normalized spacial score (nSPS) is 10.8. The topological polar surface area (TPSA) is 87.0 Å². The van der Waals surface area contributed by atoms with Gasteiger partial charge < -0.3 is 15.2 Å². The molecule has 3 rings (SSSR count). The van der Waals surface area contributed by atoms with E-state index < -0.39 is 24.1 Å². The average Bonchev–Trinajstić information content (AvgIpc) is 2.87. The number of benzene rings is 2. The first kappa shape index (κ1) is 16.9. The van der Waals surface area contributed by atoms with Crippen molar-refractivity contribution in [2.75, 3.05) is 5.32 Å². The zero-order valence-corrected chi connectivity index (χ0v) is 13.8. The summed E-state index contributed by atoms with van der Waals surface area (Å²) in [6.45, 7) is 0. The molecule has 6 nitrogen and oxygen atoms in total. The van der Waals surface area contributed by atoms with Gasteiger partial charge in [-0.3, -0.25) is 9.48 Å². The predicted molar refractivity (Wildman–Crippen MR) is 88.8 cm³/mol. The number of fused-ring (bicyclic) bond motifs is 1. The van der Waals surface area contributed by atoms with Gasteiger partial charge in [0.05, 0.1) is 16.2 Å². The summed E-state index contributed by atoms with van der Waals surface area (Å²) in [6, 6.07) is 9.25. The Morgan fingerprint density at radius 1 is 1.32 bits per heavy atom. The van der Waals surface area contributed by atoms with Crippen LogP contribution in [0.1, 0.15) is 16.1 Å². The number of aryl methyl sites for hydroxylation is 1. The van der Waals surface area contributed by atoms with Crippen molar-refractivity contribution in [2.24, 2.45) is 7.05 Å². The fourth-order valence-electron chi connectivity index (χ4n) is 2.57. The zero-order chi connectivity index (χ0) is 18.1. The summed E-state index contributed by atoms with van der Waals surface area (Å²) in [4.78, 5) is 23.2. The van der Waals surface area contributed by atoms with Crippen molar-refractivity contribution < 1.29 is 19.1 Å². The lowest BCUT2D eigenvalue weighted by molar-refractivity contribution is -0.304. The summed E-state index contributed by atoms with van der Waals surface area (Å²) < 4.78 is 15.4. The number of anilines is 1. The number of carbonyl (C=O) groups excluding carboxylic acids is 2. The molecule has 8 heteroatoms. The van der Waals surface area contributed by atoms with Gasteiger partial charge in [-0.25, -0.2) is 4.39 Å². The summed E-state index contributed by atoms with van der Waals surface area (Å²) in [7, 11) is 1.63. The molecule has 0 saturated heterocycles. The third kappa shape index (κ3) is 3.32. The third-order valence-corrected chi connectivity index (χ3v) is 3.99. The maximum Gasteiger partial charge on any atom is 0.274 e. The van der Waals surface area contributed by atoms with E-state index in [4.69, 9.17) is 11.6 Å². The van der Waals surface area contributed by atoms with Crippen LogP contribution in [0.15, 0.2) is 36.4 Å². The Morgan fingerprint density at radius 2 is 2.04 bits per heavy atom. The van der Waals surface area contributed by atoms with Gasteiger partial charge in [-0.05, 0) is 23.8 Å². The highest BCUT2D eigenvalue weighted by Gasteiger charge is 2.18. The van der Waals surface area contributed by atoms with E-state index in [2.05, 4.69) is 10.4 Å². The molecule has 0 radical (unpaired) electrons. The SMILES string of the molecule is Cn1nc2ccccc2c1C(=O)Nc1cc(F)c(CC(=O)[O-])cc1Cl. The monoisotopic (exact) mass is 360 g/mol. The summed E-state index contributed by atoms with van der Waals surface area (Å²) in [5.74, 6) is -2.72. The first-order chi connectivity index (χ1) is 11.9. The molecular weight excluding hydrogens is 349 g/mol. The molecule has 1 aromatic heterocycles. The number of aromatic nitrogens is 2. The smallest absolute Gasteiger partial charge is 0.274 e. The van der Waals surface area contributed by atoms with Gasteiger partial charge in [0, 0.05) is 24.8 Å². The molecule has 2 aromatic carbocycles. The van der Waals surface area contributed by atoms with Crippen LogP contribution in [0.3, 0.4) is 0 Å². The van der Waals surface area contributed by atoms with E-state index >= 15 is 0 Å². The minimum Gasteiger partial charge on any atom is -0.550 e. The van der Waals surface area contributed by atoms with Crippen molar-refractivity contribution in [3.05, 3.63) is 58.5 Å². The van der Waals surface area contributed by atoms with Crippen LogP contribution in [0, 0.1) is 5.82 Å². The molecule has 0 spiro atoms. The second-order valence-electron chi connectivity index (χ2n) is 5.42. The number of rotatable bonds is 4. The number of nitrogens with one attached hydrogen (secondary N) is 1. The maximum absolute atomic E-state index is 14.0. The number of aliphatic carboxylic acids is 1. The average molecular weight is 361 g/mol. The van der Waals surface area contributed by atoms with E-state index in [-0.39, 0.29) is 16.3 Å². The van der Waals surface area contributed by atoms with Crippen molar-refractivity contribution in [3.8, 4) is 0 Å². The van der Waals surface area contributed by atoms with E-state index in [0.29, 0.717) is 16.6 Å². The second-order valence-corrected chi connectivity index (χ2v) is 5.82. The van der Waals surface area contributed by atoms with Crippen molar-refractivity contribution in [3.63, 3.8) is 0 Å². The van der Waals surface area contributed by atoms with Crippen molar-refractivity contribution in [2.45, 2.75) is 6.42 Å². The van der Waals surface area contributed by atoms with Gasteiger partial charge in [0.1, 0.15) is 11.5 Å². The molecule has 0 aliphatic rings. The lowest BCUT2D eigenvalue weighted by Gasteiger charge is -2.11. The molecule has 0 atom stereocenters. The molecule has 0 unspecified atom stereocenters. The molecule has 1 heterocycles. The summed E-state index contributed by atoms with van der Waals surface area (Å²) >= 11 is 6.03. The van der Waals surface area contributed by atoms with Crippen LogP contribution in [0.4, 0.5) is 10.1 Å². The fourth-order valence-corrected chi connectivity index (χ4v) is 2.81. The highest BCUT2D eigenvalue weighted by atomic mass is 35.5. The van der Waals surface area contributed by atoms with Gasteiger partial charge in [-0.1, -0.05) is 29.8 Å². The number of hydrogen-bond donors (Lipinski definition) is 1. The number of carboxylic acid groups (broad SMARTS) is 1. The Morgan fingerprint density at radius 3 is 2.76 bits per heavy atom. The lowest BCUT2D eigenvalue weighted by atomic mass is 10.1. The minimum absolute atomic E-state index is 0.0254. The van der Waals surface area contributed by atoms with Crippen LogP contribution in [-0.4, -0.2) is 21.7 Å². The summed E-state index contributed by atoms with van der Waals surface area (Å²) in [5.41, 5.74) is 0.869. The Bertz CT molecular complexity index is 1000. The number of amides is 1.